The fraction of sp³-hybridized carbons (Fsp3) is 0.219. The number of nitrogens with one attached hydrogen (secondary N) is 1. The molecule has 2 amide bonds. The van der Waals surface area contributed by atoms with Crippen molar-refractivity contribution in [3.8, 4) is 0 Å². The van der Waals surface area contributed by atoms with Gasteiger partial charge in [-0.2, -0.15) is 0 Å². The Morgan fingerprint density at radius 2 is 1.30 bits per heavy atom. The molecule has 1 fully saturated rings. The van der Waals surface area contributed by atoms with Crippen LogP contribution < -0.4 is 5.32 Å². The lowest BCUT2D eigenvalue weighted by Gasteiger charge is -2.41. The van der Waals surface area contributed by atoms with Crippen LogP contribution >= 0.6 is 0 Å². The highest BCUT2D eigenvalue weighted by atomic mass is 16.2. The SMILES string of the molecule is O=C(c1ccccn1)N(Cc1ccccc1)C1(C(=O)NC(c2ccccc2)c2ccccc2)CCCC1. The molecule has 1 aromatic heterocycles. The molecule has 1 aliphatic carbocycles. The standard InChI is InChI=1S/C32H31N3O2/c36-30(28-20-10-13-23-33-28)35(24-25-14-4-1-5-15-25)32(21-11-12-22-32)31(37)34-29(26-16-6-2-7-17-26)27-18-8-3-9-19-27/h1-10,13-20,23,29H,11-12,21-22,24H2,(H,34,37). The van der Waals surface area contributed by atoms with Crippen LogP contribution in [-0.4, -0.2) is 27.2 Å². The maximum absolute atomic E-state index is 14.4. The van der Waals surface area contributed by atoms with Crippen molar-refractivity contribution in [2.24, 2.45) is 0 Å². The van der Waals surface area contributed by atoms with Crippen molar-refractivity contribution in [1.82, 2.24) is 15.2 Å². The minimum atomic E-state index is -0.966. The number of carbonyl (C=O) groups is 2. The van der Waals surface area contributed by atoms with Crippen molar-refractivity contribution in [2.45, 2.75) is 43.8 Å². The summed E-state index contributed by atoms with van der Waals surface area (Å²) in [7, 11) is 0. The van der Waals surface area contributed by atoms with Crippen LogP contribution in [0.1, 0.15) is 58.9 Å². The Kier molecular flexibility index (Phi) is 7.41. The quantitative estimate of drug-likeness (QED) is 0.333. The maximum atomic E-state index is 14.4. The molecule has 5 heteroatoms. The number of hydrogen-bond donors (Lipinski definition) is 1. The van der Waals surface area contributed by atoms with E-state index < -0.39 is 5.54 Å². The Morgan fingerprint density at radius 3 is 1.84 bits per heavy atom. The van der Waals surface area contributed by atoms with Crippen molar-refractivity contribution in [3.63, 3.8) is 0 Å². The van der Waals surface area contributed by atoms with Gasteiger partial charge in [-0.05, 0) is 41.7 Å². The average Bonchev–Trinajstić information content (AvgIpc) is 3.47. The highest BCUT2D eigenvalue weighted by Gasteiger charge is 2.49. The summed E-state index contributed by atoms with van der Waals surface area (Å²) in [4.78, 5) is 34.4. The van der Waals surface area contributed by atoms with Crippen LogP contribution in [0.5, 0.6) is 0 Å². The molecule has 0 bridgehead atoms. The van der Waals surface area contributed by atoms with Gasteiger partial charge in [-0.15, -0.1) is 0 Å². The van der Waals surface area contributed by atoms with Gasteiger partial charge in [0, 0.05) is 12.7 Å². The molecule has 3 aromatic carbocycles. The van der Waals surface area contributed by atoms with Gasteiger partial charge in [-0.25, -0.2) is 0 Å². The fourth-order valence-corrected chi connectivity index (χ4v) is 5.31. The predicted molar refractivity (Wildman–Crippen MR) is 145 cm³/mol. The minimum absolute atomic E-state index is 0.122. The number of hydrogen-bond acceptors (Lipinski definition) is 3. The summed E-state index contributed by atoms with van der Waals surface area (Å²) >= 11 is 0. The Bertz CT molecular complexity index is 1270. The van der Waals surface area contributed by atoms with Gasteiger partial charge in [0.2, 0.25) is 5.91 Å². The number of amides is 2. The third kappa shape index (κ3) is 5.31. The summed E-state index contributed by atoms with van der Waals surface area (Å²) in [6.07, 6.45) is 4.61. The van der Waals surface area contributed by atoms with Gasteiger partial charge < -0.3 is 10.2 Å². The van der Waals surface area contributed by atoms with E-state index in [2.05, 4.69) is 10.3 Å². The molecular weight excluding hydrogens is 458 g/mol. The van der Waals surface area contributed by atoms with Gasteiger partial charge in [-0.1, -0.05) is 110 Å². The first-order valence-electron chi connectivity index (χ1n) is 12.9. The third-order valence-electron chi connectivity index (χ3n) is 7.22. The van der Waals surface area contributed by atoms with Gasteiger partial charge in [-0.3, -0.25) is 14.6 Å². The van der Waals surface area contributed by atoms with Crippen LogP contribution in [0.15, 0.2) is 115 Å². The van der Waals surface area contributed by atoms with Gasteiger partial charge in [0.05, 0.1) is 6.04 Å². The predicted octanol–water partition coefficient (Wildman–Crippen LogP) is 5.94. The van der Waals surface area contributed by atoms with E-state index in [0.717, 1.165) is 29.5 Å². The first-order chi connectivity index (χ1) is 18.2. The van der Waals surface area contributed by atoms with Gasteiger partial charge in [0.15, 0.2) is 0 Å². The van der Waals surface area contributed by atoms with E-state index in [-0.39, 0.29) is 17.9 Å². The summed E-state index contributed by atoms with van der Waals surface area (Å²) in [5.74, 6) is -0.347. The largest absolute Gasteiger partial charge is 0.343 e. The lowest BCUT2D eigenvalue weighted by atomic mass is 9.90. The molecule has 37 heavy (non-hydrogen) atoms. The number of nitrogens with zero attached hydrogens (tertiary/aromatic N) is 2. The van der Waals surface area contributed by atoms with Crippen molar-refractivity contribution in [1.29, 1.82) is 0 Å². The number of aromatic nitrogens is 1. The smallest absolute Gasteiger partial charge is 0.273 e. The Morgan fingerprint density at radius 1 is 0.757 bits per heavy atom. The summed E-state index contributed by atoms with van der Waals surface area (Å²) in [6, 6.07) is 34.8. The topological polar surface area (TPSA) is 62.3 Å². The molecule has 0 saturated heterocycles. The normalized spacial score (nSPS) is 14.3. The Balaban J connectivity index is 1.54. The first-order valence-corrected chi connectivity index (χ1v) is 12.9. The first kappa shape index (κ1) is 24.4. The van der Waals surface area contributed by atoms with Crippen molar-refractivity contribution >= 4 is 11.8 Å². The lowest BCUT2D eigenvalue weighted by Crippen LogP contribution is -2.59. The van der Waals surface area contributed by atoms with E-state index >= 15 is 0 Å². The van der Waals surface area contributed by atoms with Crippen molar-refractivity contribution < 1.29 is 9.59 Å². The zero-order valence-electron chi connectivity index (χ0n) is 20.8. The van der Waals surface area contributed by atoms with Gasteiger partial charge in [0.1, 0.15) is 11.2 Å². The highest BCUT2D eigenvalue weighted by Crippen LogP contribution is 2.38. The molecule has 0 aliphatic heterocycles. The Hall–Kier alpha value is -4.25. The number of carbonyl (C=O) groups excluding carboxylic acids is 2. The molecule has 1 N–H and O–H groups in total. The average molecular weight is 490 g/mol. The molecule has 0 unspecified atom stereocenters. The summed E-state index contributed by atoms with van der Waals surface area (Å²) in [5, 5.41) is 3.35. The van der Waals surface area contributed by atoms with Crippen LogP contribution in [0.3, 0.4) is 0 Å². The lowest BCUT2D eigenvalue weighted by molar-refractivity contribution is -0.133. The molecule has 186 valence electrons. The monoisotopic (exact) mass is 489 g/mol. The molecule has 1 heterocycles. The van der Waals surface area contributed by atoms with E-state index in [9.17, 15) is 9.59 Å². The maximum Gasteiger partial charge on any atom is 0.273 e. The summed E-state index contributed by atoms with van der Waals surface area (Å²) < 4.78 is 0. The fourth-order valence-electron chi connectivity index (χ4n) is 5.31. The molecule has 0 spiro atoms. The van der Waals surface area contributed by atoms with Crippen LogP contribution in [-0.2, 0) is 11.3 Å². The van der Waals surface area contributed by atoms with Gasteiger partial charge in [0.25, 0.3) is 5.91 Å². The van der Waals surface area contributed by atoms with E-state index in [1.54, 1.807) is 23.2 Å². The number of pyridine rings is 1. The summed E-state index contributed by atoms with van der Waals surface area (Å²) in [6.45, 7) is 0.338. The highest BCUT2D eigenvalue weighted by molar-refractivity contribution is 5.98. The molecule has 1 aliphatic rings. The zero-order chi connectivity index (χ0) is 25.5. The second kappa shape index (κ2) is 11.2. The van der Waals surface area contributed by atoms with Crippen molar-refractivity contribution in [2.75, 3.05) is 0 Å². The number of benzene rings is 3. The molecule has 0 atom stereocenters. The van der Waals surface area contributed by atoms with E-state index in [4.69, 9.17) is 0 Å². The number of rotatable bonds is 8. The van der Waals surface area contributed by atoms with Crippen LogP contribution in [0, 0.1) is 0 Å². The van der Waals surface area contributed by atoms with E-state index in [0.29, 0.717) is 25.1 Å². The third-order valence-corrected chi connectivity index (χ3v) is 7.22. The molecular formula is C32H31N3O2. The van der Waals surface area contributed by atoms with Gasteiger partial charge >= 0.3 is 0 Å². The zero-order valence-corrected chi connectivity index (χ0v) is 20.8. The second-order valence-electron chi connectivity index (χ2n) is 9.56. The van der Waals surface area contributed by atoms with Crippen LogP contribution in [0.2, 0.25) is 0 Å². The molecule has 5 nitrogen and oxygen atoms in total. The van der Waals surface area contributed by atoms with E-state index in [1.165, 1.54) is 0 Å². The molecule has 5 rings (SSSR count). The minimum Gasteiger partial charge on any atom is -0.343 e. The Labute approximate surface area is 218 Å². The van der Waals surface area contributed by atoms with Crippen molar-refractivity contribution in [3.05, 3.63) is 138 Å². The molecule has 4 aromatic rings. The van der Waals surface area contributed by atoms with Crippen LogP contribution in [0.4, 0.5) is 0 Å². The molecule has 0 radical (unpaired) electrons. The summed E-state index contributed by atoms with van der Waals surface area (Å²) in [5.41, 5.74) is 2.36. The van der Waals surface area contributed by atoms with E-state index in [1.807, 2.05) is 97.1 Å². The van der Waals surface area contributed by atoms with Crippen LogP contribution in [0.25, 0.3) is 0 Å². The second-order valence-corrected chi connectivity index (χ2v) is 9.56. The molecule has 1 saturated carbocycles.